The molecule has 6 nitrogen and oxygen atoms in total. The number of likely N-dealkylation sites (tertiary alicyclic amines) is 1. The zero-order chi connectivity index (χ0) is 21.8. The van der Waals surface area contributed by atoms with Crippen LogP contribution in [0.15, 0.2) is 52.9 Å². The molecule has 32 heavy (non-hydrogen) atoms. The first-order valence-corrected chi connectivity index (χ1v) is 12.0. The van der Waals surface area contributed by atoms with Gasteiger partial charge in [0.25, 0.3) is 0 Å². The molecular weight excluding hydrogens is 400 g/mol. The van der Waals surface area contributed by atoms with Crippen molar-refractivity contribution in [2.24, 2.45) is 0 Å². The number of nitrogens with zero attached hydrogens (tertiary/aromatic N) is 3. The summed E-state index contributed by atoms with van der Waals surface area (Å²) in [6, 6.07) is 16.2. The summed E-state index contributed by atoms with van der Waals surface area (Å²) >= 11 is 0. The summed E-state index contributed by atoms with van der Waals surface area (Å²) in [6.07, 6.45) is 7.12. The van der Waals surface area contributed by atoms with Gasteiger partial charge >= 0.3 is 0 Å². The van der Waals surface area contributed by atoms with E-state index in [1.807, 2.05) is 36.4 Å². The average Bonchev–Trinajstić information content (AvgIpc) is 3.06. The van der Waals surface area contributed by atoms with Gasteiger partial charge in [-0.1, -0.05) is 25.0 Å². The maximum absolute atomic E-state index is 12.6. The number of para-hydroxylation sites is 2. The molecule has 2 aliphatic rings. The number of hydrogen-bond donors (Lipinski definition) is 1. The molecule has 2 aromatic carbocycles. The van der Waals surface area contributed by atoms with Crippen molar-refractivity contribution in [3.8, 4) is 0 Å². The number of carbonyl (C=O) groups is 1. The van der Waals surface area contributed by atoms with Crippen LogP contribution in [-0.4, -0.2) is 48.5 Å². The number of rotatable bonds is 5. The van der Waals surface area contributed by atoms with Crippen molar-refractivity contribution in [3.63, 3.8) is 0 Å². The zero-order valence-electron chi connectivity index (χ0n) is 18.6. The summed E-state index contributed by atoms with van der Waals surface area (Å²) in [5, 5.41) is 3.06. The maximum Gasteiger partial charge on any atom is 0.238 e. The third-order valence-electron chi connectivity index (χ3n) is 6.74. The Hall–Kier alpha value is -2.86. The molecule has 0 spiro atoms. The van der Waals surface area contributed by atoms with E-state index in [-0.39, 0.29) is 5.91 Å². The van der Waals surface area contributed by atoms with Crippen LogP contribution < -0.4 is 10.2 Å². The standard InChI is InChI=1S/C26H32N4O2/c31-25(27-21-9-11-22(12-10-21)30-15-5-1-2-6-16-30)19-29-17-13-20(14-18-29)26-28-23-7-3-4-8-24(23)32-26/h3-4,7-12,20H,1-2,5-6,13-19H2,(H,27,31). The minimum atomic E-state index is 0.0489. The monoisotopic (exact) mass is 432 g/mol. The predicted octanol–water partition coefficient (Wildman–Crippen LogP) is 5.03. The van der Waals surface area contributed by atoms with Gasteiger partial charge in [-0.2, -0.15) is 0 Å². The number of amides is 1. The molecule has 3 aromatic rings. The van der Waals surface area contributed by atoms with E-state index in [1.165, 1.54) is 31.4 Å². The van der Waals surface area contributed by atoms with Crippen molar-refractivity contribution >= 4 is 28.4 Å². The van der Waals surface area contributed by atoms with Gasteiger partial charge in [0.15, 0.2) is 11.5 Å². The highest BCUT2D eigenvalue weighted by atomic mass is 16.3. The minimum absolute atomic E-state index is 0.0489. The first kappa shape index (κ1) is 21.0. The van der Waals surface area contributed by atoms with Crippen molar-refractivity contribution in [2.75, 3.05) is 42.9 Å². The van der Waals surface area contributed by atoms with Crippen molar-refractivity contribution in [1.82, 2.24) is 9.88 Å². The molecule has 2 aliphatic heterocycles. The van der Waals surface area contributed by atoms with Crippen molar-refractivity contribution in [1.29, 1.82) is 0 Å². The number of fused-ring (bicyclic) bond motifs is 1. The molecule has 1 amide bonds. The Morgan fingerprint density at radius 1 is 0.938 bits per heavy atom. The van der Waals surface area contributed by atoms with E-state index >= 15 is 0 Å². The highest BCUT2D eigenvalue weighted by Crippen LogP contribution is 2.30. The Morgan fingerprint density at radius 3 is 2.38 bits per heavy atom. The van der Waals surface area contributed by atoms with Crippen LogP contribution in [0, 0.1) is 0 Å². The summed E-state index contributed by atoms with van der Waals surface area (Å²) < 4.78 is 5.95. The summed E-state index contributed by atoms with van der Waals surface area (Å²) in [4.78, 5) is 21.9. The predicted molar refractivity (Wildman–Crippen MR) is 128 cm³/mol. The van der Waals surface area contributed by atoms with Gasteiger partial charge in [0.05, 0.1) is 6.54 Å². The first-order valence-electron chi connectivity index (χ1n) is 12.0. The summed E-state index contributed by atoms with van der Waals surface area (Å²) in [7, 11) is 0. The highest BCUT2D eigenvalue weighted by molar-refractivity contribution is 5.92. The Morgan fingerprint density at radius 2 is 1.66 bits per heavy atom. The topological polar surface area (TPSA) is 61.6 Å². The molecule has 1 aromatic heterocycles. The van der Waals surface area contributed by atoms with Crippen molar-refractivity contribution < 1.29 is 9.21 Å². The van der Waals surface area contributed by atoms with E-state index < -0.39 is 0 Å². The fourth-order valence-corrected chi connectivity index (χ4v) is 4.89. The average molecular weight is 433 g/mol. The summed E-state index contributed by atoms with van der Waals surface area (Å²) in [5.74, 6) is 1.21. The fourth-order valence-electron chi connectivity index (χ4n) is 4.89. The van der Waals surface area contributed by atoms with Crippen LogP contribution in [0.5, 0.6) is 0 Å². The van der Waals surface area contributed by atoms with Crippen LogP contribution in [0.2, 0.25) is 0 Å². The number of nitrogens with one attached hydrogen (secondary N) is 1. The molecular formula is C26H32N4O2. The molecule has 0 atom stereocenters. The van der Waals surface area contributed by atoms with Crippen LogP contribution in [0.3, 0.4) is 0 Å². The van der Waals surface area contributed by atoms with E-state index in [0.717, 1.165) is 61.7 Å². The van der Waals surface area contributed by atoms with Gasteiger partial charge in [-0.05, 0) is 75.2 Å². The minimum Gasteiger partial charge on any atom is -0.440 e. The van der Waals surface area contributed by atoms with Crippen LogP contribution in [0.1, 0.15) is 50.3 Å². The third-order valence-corrected chi connectivity index (χ3v) is 6.74. The van der Waals surface area contributed by atoms with Crippen LogP contribution >= 0.6 is 0 Å². The second-order valence-electron chi connectivity index (χ2n) is 9.07. The van der Waals surface area contributed by atoms with E-state index in [9.17, 15) is 4.79 Å². The number of hydrogen-bond acceptors (Lipinski definition) is 5. The van der Waals surface area contributed by atoms with Gasteiger partial charge < -0.3 is 14.6 Å². The van der Waals surface area contributed by atoms with E-state index in [0.29, 0.717) is 12.5 Å². The van der Waals surface area contributed by atoms with E-state index in [4.69, 9.17) is 4.42 Å². The van der Waals surface area contributed by atoms with Crippen LogP contribution in [-0.2, 0) is 4.79 Å². The van der Waals surface area contributed by atoms with Gasteiger partial charge in [-0.15, -0.1) is 0 Å². The van der Waals surface area contributed by atoms with Crippen LogP contribution in [0.25, 0.3) is 11.1 Å². The lowest BCUT2D eigenvalue weighted by Crippen LogP contribution is -2.38. The van der Waals surface area contributed by atoms with E-state index in [2.05, 4.69) is 32.2 Å². The van der Waals surface area contributed by atoms with Crippen molar-refractivity contribution in [3.05, 3.63) is 54.4 Å². The normalized spacial score (nSPS) is 18.6. The van der Waals surface area contributed by atoms with E-state index in [1.54, 1.807) is 0 Å². The molecule has 0 unspecified atom stereocenters. The summed E-state index contributed by atoms with van der Waals surface area (Å²) in [6.45, 7) is 4.44. The molecule has 6 heteroatoms. The number of benzene rings is 2. The molecule has 168 valence electrons. The fraction of sp³-hybridized carbons (Fsp3) is 0.462. The highest BCUT2D eigenvalue weighted by Gasteiger charge is 2.25. The molecule has 5 rings (SSSR count). The van der Waals surface area contributed by atoms with Gasteiger partial charge in [0.2, 0.25) is 5.91 Å². The zero-order valence-corrected chi connectivity index (χ0v) is 18.6. The number of anilines is 2. The second kappa shape index (κ2) is 9.74. The van der Waals surface area contributed by atoms with Gasteiger partial charge in [-0.3, -0.25) is 9.69 Å². The molecule has 0 bridgehead atoms. The third kappa shape index (κ3) is 4.96. The molecule has 1 N–H and O–H groups in total. The molecule has 3 heterocycles. The maximum atomic E-state index is 12.6. The first-order chi connectivity index (χ1) is 15.7. The van der Waals surface area contributed by atoms with Crippen molar-refractivity contribution in [2.45, 2.75) is 44.4 Å². The SMILES string of the molecule is O=C(CN1CCC(c2nc3ccccc3o2)CC1)Nc1ccc(N2CCCCCC2)cc1. The molecule has 0 radical (unpaired) electrons. The smallest absolute Gasteiger partial charge is 0.238 e. The Kier molecular flexibility index (Phi) is 6.39. The summed E-state index contributed by atoms with van der Waals surface area (Å²) in [5.41, 5.74) is 3.90. The largest absolute Gasteiger partial charge is 0.440 e. The molecule has 0 saturated carbocycles. The number of carbonyl (C=O) groups excluding carboxylic acids is 1. The van der Waals surface area contributed by atoms with Crippen LogP contribution in [0.4, 0.5) is 11.4 Å². The Balaban J connectivity index is 1.10. The van der Waals surface area contributed by atoms with Gasteiger partial charge in [0, 0.05) is 30.4 Å². The Labute approximate surface area is 189 Å². The van der Waals surface area contributed by atoms with Gasteiger partial charge in [-0.25, -0.2) is 4.98 Å². The quantitative estimate of drug-likeness (QED) is 0.613. The lowest BCUT2D eigenvalue weighted by atomic mass is 9.97. The number of piperidine rings is 1. The Bertz CT molecular complexity index is 996. The molecule has 2 saturated heterocycles. The number of oxazole rings is 1. The lowest BCUT2D eigenvalue weighted by molar-refractivity contribution is -0.117. The molecule has 0 aliphatic carbocycles. The molecule has 2 fully saturated rings. The second-order valence-corrected chi connectivity index (χ2v) is 9.07. The lowest BCUT2D eigenvalue weighted by Gasteiger charge is -2.29. The number of aromatic nitrogens is 1. The van der Waals surface area contributed by atoms with Gasteiger partial charge in [0.1, 0.15) is 5.52 Å².